The van der Waals surface area contributed by atoms with Crippen LogP contribution in [0.3, 0.4) is 0 Å². The van der Waals surface area contributed by atoms with E-state index in [1.165, 1.54) is 6.07 Å². The summed E-state index contributed by atoms with van der Waals surface area (Å²) in [7, 11) is 0. The Balaban J connectivity index is 2.75. The van der Waals surface area contributed by atoms with Gasteiger partial charge in [0.25, 0.3) is 0 Å². The van der Waals surface area contributed by atoms with Crippen LogP contribution in [0.4, 0.5) is 0 Å². The number of Topliss-reactive ketones (excluding diaryl/α,β-unsaturated/α-hetero) is 1. The highest BCUT2D eigenvalue weighted by molar-refractivity contribution is 6.09. The topological polar surface area (TPSA) is 54.4 Å². The van der Waals surface area contributed by atoms with Gasteiger partial charge in [-0.3, -0.25) is 4.79 Å². The Morgan fingerprint density at radius 1 is 1.47 bits per heavy atom. The molecule has 1 aromatic carbocycles. The molecular weight excluding hydrogens is 192 g/mol. The molecule has 0 bridgehead atoms. The van der Waals surface area contributed by atoms with Crippen LogP contribution in [0, 0.1) is 6.92 Å². The van der Waals surface area contributed by atoms with Crippen LogP contribution in [0.5, 0.6) is 0 Å². The van der Waals surface area contributed by atoms with Crippen molar-refractivity contribution in [1.82, 2.24) is 0 Å². The number of aromatic carboxylic acids is 1. The van der Waals surface area contributed by atoms with E-state index in [0.717, 1.165) is 11.1 Å². The van der Waals surface area contributed by atoms with Crippen LogP contribution in [0.25, 0.3) is 0 Å². The van der Waals surface area contributed by atoms with Gasteiger partial charge in [0.1, 0.15) is 0 Å². The second-order valence-electron chi connectivity index (χ2n) is 4.05. The van der Waals surface area contributed by atoms with Gasteiger partial charge in [0.15, 0.2) is 5.78 Å². The molecule has 78 valence electrons. The molecule has 3 nitrogen and oxygen atoms in total. The van der Waals surface area contributed by atoms with Crippen molar-refractivity contribution >= 4 is 11.8 Å². The summed E-state index contributed by atoms with van der Waals surface area (Å²) in [6, 6.07) is 3.30. The number of carboxylic acids is 1. The van der Waals surface area contributed by atoms with Crippen molar-refractivity contribution in [3.05, 3.63) is 34.4 Å². The Kier molecular flexibility index (Phi) is 2.11. The lowest BCUT2D eigenvalue weighted by Gasteiger charge is -2.09. The molecule has 1 unspecified atom stereocenters. The van der Waals surface area contributed by atoms with Crippen molar-refractivity contribution in [2.75, 3.05) is 0 Å². The zero-order valence-corrected chi connectivity index (χ0v) is 8.70. The Hall–Kier alpha value is -1.64. The zero-order chi connectivity index (χ0) is 11.2. The summed E-state index contributed by atoms with van der Waals surface area (Å²) in [5, 5.41) is 8.99. The first kappa shape index (κ1) is 9.90. The molecule has 2 rings (SSSR count). The largest absolute Gasteiger partial charge is 0.478 e. The molecule has 0 fully saturated rings. The van der Waals surface area contributed by atoms with Gasteiger partial charge in [-0.2, -0.15) is 0 Å². The molecule has 0 saturated heterocycles. The Labute approximate surface area is 87.7 Å². The number of carboxylic acid groups (broad SMARTS) is 1. The summed E-state index contributed by atoms with van der Waals surface area (Å²) in [6.45, 7) is 3.88. The van der Waals surface area contributed by atoms with Gasteiger partial charge in [0.2, 0.25) is 0 Å². The number of hydrogen-bond acceptors (Lipinski definition) is 2. The average molecular weight is 204 g/mol. The molecular formula is C12H12O3. The van der Waals surface area contributed by atoms with E-state index >= 15 is 0 Å². The maximum Gasteiger partial charge on any atom is 0.336 e. The van der Waals surface area contributed by atoms with Crippen LogP contribution in [0.15, 0.2) is 12.1 Å². The van der Waals surface area contributed by atoms with Crippen molar-refractivity contribution in [2.24, 2.45) is 0 Å². The van der Waals surface area contributed by atoms with Gasteiger partial charge in [-0.05, 0) is 30.0 Å². The van der Waals surface area contributed by atoms with E-state index in [2.05, 4.69) is 0 Å². The lowest BCUT2D eigenvalue weighted by Crippen LogP contribution is -2.06. The van der Waals surface area contributed by atoms with E-state index in [9.17, 15) is 9.59 Å². The summed E-state index contributed by atoms with van der Waals surface area (Å²) in [6.07, 6.45) is 0.431. The quantitative estimate of drug-likeness (QED) is 0.764. The first-order chi connectivity index (χ1) is 7.02. The third-order valence-electron chi connectivity index (χ3n) is 2.96. The fraction of sp³-hybridized carbons (Fsp3) is 0.333. The predicted molar refractivity (Wildman–Crippen MR) is 55.5 cm³/mol. The minimum atomic E-state index is -1.02. The molecule has 3 heteroatoms. The van der Waals surface area contributed by atoms with Crippen LogP contribution in [0.1, 0.15) is 51.1 Å². The minimum Gasteiger partial charge on any atom is -0.478 e. The average Bonchev–Trinajstić information content (AvgIpc) is 2.43. The molecule has 0 heterocycles. The number of fused-ring (bicyclic) bond motifs is 1. The molecule has 0 saturated carbocycles. The fourth-order valence-corrected chi connectivity index (χ4v) is 2.32. The van der Waals surface area contributed by atoms with E-state index in [0.29, 0.717) is 12.0 Å². The van der Waals surface area contributed by atoms with Crippen LogP contribution in [-0.4, -0.2) is 16.9 Å². The van der Waals surface area contributed by atoms with Gasteiger partial charge >= 0.3 is 5.97 Å². The van der Waals surface area contributed by atoms with Gasteiger partial charge in [0, 0.05) is 12.0 Å². The van der Waals surface area contributed by atoms with Gasteiger partial charge < -0.3 is 5.11 Å². The van der Waals surface area contributed by atoms with Crippen LogP contribution < -0.4 is 0 Å². The minimum absolute atomic E-state index is 0.0430. The number of rotatable bonds is 1. The fourth-order valence-electron chi connectivity index (χ4n) is 2.32. The first-order valence-corrected chi connectivity index (χ1v) is 4.92. The second kappa shape index (κ2) is 3.19. The highest BCUT2D eigenvalue weighted by atomic mass is 16.4. The van der Waals surface area contributed by atoms with Gasteiger partial charge in [-0.15, -0.1) is 0 Å². The number of carbonyl (C=O) groups is 2. The molecule has 0 spiro atoms. The summed E-state index contributed by atoms with van der Waals surface area (Å²) in [4.78, 5) is 22.7. The monoisotopic (exact) mass is 204 g/mol. The molecule has 1 N–H and O–H groups in total. The Morgan fingerprint density at radius 3 is 2.73 bits per heavy atom. The molecule has 0 radical (unpaired) electrons. The molecule has 1 aliphatic carbocycles. The van der Waals surface area contributed by atoms with Crippen LogP contribution in [-0.2, 0) is 0 Å². The lowest BCUT2D eigenvalue weighted by atomic mass is 9.95. The van der Waals surface area contributed by atoms with Gasteiger partial charge in [0.05, 0.1) is 5.56 Å². The maximum atomic E-state index is 11.7. The Bertz CT molecular complexity index is 460. The molecule has 0 aliphatic heterocycles. The van der Waals surface area contributed by atoms with E-state index in [4.69, 9.17) is 5.11 Å². The molecule has 1 aliphatic rings. The van der Waals surface area contributed by atoms with Crippen molar-refractivity contribution in [3.8, 4) is 0 Å². The van der Waals surface area contributed by atoms with Crippen molar-refractivity contribution in [3.63, 3.8) is 0 Å². The molecule has 1 atom stereocenters. The first-order valence-electron chi connectivity index (χ1n) is 4.92. The van der Waals surface area contributed by atoms with E-state index in [1.54, 1.807) is 6.07 Å². The third-order valence-corrected chi connectivity index (χ3v) is 2.96. The maximum absolute atomic E-state index is 11.7. The molecule has 15 heavy (non-hydrogen) atoms. The summed E-state index contributed by atoms with van der Waals surface area (Å²) >= 11 is 0. The molecule has 0 aromatic heterocycles. The SMILES string of the molecule is Cc1ccc(C(=O)O)c2c1C(C)CC2=O. The summed E-state index contributed by atoms with van der Waals surface area (Å²) in [5.74, 6) is -0.917. The standard InChI is InChI=1S/C12H12O3/c1-6-3-4-8(12(14)15)11-9(13)5-7(2)10(6)11/h3-4,7H,5H2,1-2H3,(H,14,15). The highest BCUT2D eigenvalue weighted by Gasteiger charge is 2.31. The van der Waals surface area contributed by atoms with Crippen molar-refractivity contribution in [1.29, 1.82) is 0 Å². The summed E-state index contributed by atoms with van der Waals surface area (Å²) in [5.41, 5.74) is 2.49. The summed E-state index contributed by atoms with van der Waals surface area (Å²) < 4.78 is 0. The highest BCUT2D eigenvalue weighted by Crippen LogP contribution is 2.36. The van der Waals surface area contributed by atoms with Crippen molar-refractivity contribution in [2.45, 2.75) is 26.2 Å². The zero-order valence-electron chi connectivity index (χ0n) is 8.70. The number of carbonyl (C=O) groups excluding carboxylic acids is 1. The van der Waals surface area contributed by atoms with Gasteiger partial charge in [-0.1, -0.05) is 13.0 Å². The van der Waals surface area contributed by atoms with Crippen LogP contribution in [0.2, 0.25) is 0 Å². The number of hydrogen-bond donors (Lipinski definition) is 1. The lowest BCUT2D eigenvalue weighted by molar-refractivity contribution is 0.0692. The Morgan fingerprint density at radius 2 is 2.13 bits per heavy atom. The number of aryl methyl sites for hydroxylation is 1. The molecule has 0 amide bonds. The normalized spacial score (nSPS) is 19.1. The van der Waals surface area contributed by atoms with E-state index in [-0.39, 0.29) is 17.3 Å². The third kappa shape index (κ3) is 1.35. The van der Waals surface area contributed by atoms with E-state index < -0.39 is 5.97 Å². The predicted octanol–water partition coefficient (Wildman–Crippen LogP) is 2.38. The number of ketones is 1. The molecule has 1 aromatic rings. The van der Waals surface area contributed by atoms with Crippen LogP contribution >= 0.6 is 0 Å². The van der Waals surface area contributed by atoms with E-state index in [1.807, 2.05) is 13.8 Å². The van der Waals surface area contributed by atoms with Gasteiger partial charge in [-0.25, -0.2) is 4.79 Å². The smallest absolute Gasteiger partial charge is 0.336 e. The second-order valence-corrected chi connectivity index (χ2v) is 4.05. The van der Waals surface area contributed by atoms with Crippen molar-refractivity contribution < 1.29 is 14.7 Å². The number of benzene rings is 1.